The molecule has 2 rings (SSSR count). The number of halogens is 1. The standard InChI is InChI=1S/C16H18ClNO2S3/c1-5-23-15(21)20-13-12(10-8-6-7-9-11(10)17)14(19)18(22-4)16(13,2)3/h6-9H,5H2,1-4H3. The van der Waals surface area contributed by atoms with Crippen LogP contribution < -0.4 is 0 Å². The minimum atomic E-state index is -0.608. The van der Waals surface area contributed by atoms with Crippen molar-refractivity contribution in [1.82, 2.24) is 4.31 Å². The fourth-order valence-electron chi connectivity index (χ4n) is 2.47. The van der Waals surface area contributed by atoms with Crippen molar-refractivity contribution in [2.45, 2.75) is 26.3 Å². The lowest BCUT2D eigenvalue weighted by molar-refractivity contribution is -0.121. The van der Waals surface area contributed by atoms with E-state index in [2.05, 4.69) is 0 Å². The van der Waals surface area contributed by atoms with Crippen molar-refractivity contribution >= 4 is 63.4 Å². The Morgan fingerprint density at radius 3 is 2.61 bits per heavy atom. The minimum absolute atomic E-state index is 0.116. The summed E-state index contributed by atoms with van der Waals surface area (Å²) in [6, 6.07) is 7.28. The van der Waals surface area contributed by atoms with Gasteiger partial charge in [-0.2, -0.15) is 0 Å². The van der Waals surface area contributed by atoms with Crippen LogP contribution in [0.15, 0.2) is 30.0 Å². The Hall–Kier alpha value is -0.690. The molecule has 1 aromatic carbocycles. The fourth-order valence-corrected chi connectivity index (χ4v) is 4.31. The molecule has 1 aliphatic rings. The molecule has 1 amide bonds. The first-order valence-corrected chi connectivity index (χ1v) is 10.0. The predicted molar refractivity (Wildman–Crippen MR) is 105 cm³/mol. The van der Waals surface area contributed by atoms with Crippen LogP contribution in [-0.4, -0.2) is 32.1 Å². The van der Waals surface area contributed by atoms with E-state index < -0.39 is 5.54 Å². The van der Waals surface area contributed by atoms with Crippen LogP contribution in [0.25, 0.3) is 5.57 Å². The number of thioether (sulfide) groups is 1. The van der Waals surface area contributed by atoms with Gasteiger partial charge < -0.3 is 4.74 Å². The highest BCUT2D eigenvalue weighted by Crippen LogP contribution is 2.45. The zero-order chi connectivity index (χ0) is 17.2. The number of benzene rings is 1. The monoisotopic (exact) mass is 387 g/mol. The minimum Gasteiger partial charge on any atom is -0.441 e. The number of carbonyl (C=O) groups excluding carboxylic acids is 1. The van der Waals surface area contributed by atoms with Crippen LogP contribution in [0.4, 0.5) is 0 Å². The smallest absolute Gasteiger partial charge is 0.268 e. The molecule has 0 unspecified atom stereocenters. The molecule has 1 aromatic rings. The molecule has 23 heavy (non-hydrogen) atoms. The molecule has 0 atom stereocenters. The summed E-state index contributed by atoms with van der Waals surface area (Å²) >= 11 is 14.4. The van der Waals surface area contributed by atoms with Crippen LogP contribution in [0.3, 0.4) is 0 Å². The van der Waals surface area contributed by atoms with Crippen LogP contribution in [0.1, 0.15) is 26.3 Å². The van der Waals surface area contributed by atoms with Crippen molar-refractivity contribution in [3.8, 4) is 0 Å². The maximum absolute atomic E-state index is 12.9. The van der Waals surface area contributed by atoms with Gasteiger partial charge in [0.05, 0.1) is 5.57 Å². The van der Waals surface area contributed by atoms with E-state index in [1.54, 1.807) is 10.4 Å². The van der Waals surface area contributed by atoms with Crippen LogP contribution >= 0.6 is 47.5 Å². The molecule has 3 nitrogen and oxygen atoms in total. The maximum atomic E-state index is 12.9. The molecule has 1 aliphatic heterocycles. The van der Waals surface area contributed by atoms with Gasteiger partial charge in [-0.25, -0.2) is 0 Å². The molecule has 0 N–H and O–H groups in total. The number of ether oxygens (including phenoxy) is 1. The van der Waals surface area contributed by atoms with Crippen molar-refractivity contribution in [3.05, 3.63) is 40.6 Å². The summed E-state index contributed by atoms with van der Waals surface area (Å²) in [5.41, 5.74) is 0.542. The molecular weight excluding hydrogens is 370 g/mol. The van der Waals surface area contributed by atoms with E-state index >= 15 is 0 Å². The quantitative estimate of drug-likeness (QED) is 0.535. The third kappa shape index (κ3) is 3.55. The average molecular weight is 388 g/mol. The number of amides is 1. The Bertz CT molecular complexity index is 673. The van der Waals surface area contributed by atoms with Crippen LogP contribution in [0, 0.1) is 0 Å². The lowest BCUT2D eigenvalue weighted by Gasteiger charge is -2.31. The van der Waals surface area contributed by atoms with E-state index in [4.69, 9.17) is 28.6 Å². The van der Waals surface area contributed by atoms with Crippen LogP contribution in [0.2, 0.25) is 5.02 Å². The van der Waals surface area contributed by atoms with E-state index in [1.807, 2.05) is 45.2 Å². The number of rotatable bonds is 4. The van der Waals surface area contributed by atoms with E-state index in [-0.39, 0.29) is 5.91 Å². The first-order chi connectivity index (χ1) is 10.8. The number of hydrogen-bond donors (Lipinski definition) is 0. The molecule has 124 valence electrons. The second-order valence-corrected chi connectivity index (χ2v) is 8.31. The van der Waals surface area contributed by atoms with Gasteiger partial charge in [-0.3, -0.25) is 9.10 Å². The van der Waals surface area contributed by atoms with Gasteiger partial charge in [0, 0.05) is 16.8 Å². The van der Waals surface area contributed by atoms with Gasteiger partial charge in [0.2, 0.25) is 4.38 Å². The van der Waals surface area contributed by atoms with Gasteiger partial charge in [0.15, 0.2) is 0 Å². The summed E-state index contributed by atoms with van der Waals surface area (Å²) in [5, 5.41) is 0.518. The van der Waals surface area contributed by atoms with Gasteiger partial charge in [-0.15, -0.1) is 0 Å². The lowest BCUT2D eigenvalue weighted by Crippen LogP contribution is -2.39. The second-order valence-electron chi connectivity index (χ2n) is 5.31. The maximum Gasteiger partial charge on any atom is 0.268 e. The van der Waals surface area contributed by atoms with E-state index in [0.29, 0.717) is 26.3 Å². The highest BCUT2D eigenvalue weighted by atomic mass is 35.5. The molecule has 1 heterocycles. The van der Waals surface area contributed by atoms with Gasteiger partial charge >= 0.3 is 0 Å². The Morgan fingerprint density at radius 2 is 2.04 bits per heavy atom. The summed E-state index contributed by atoms with van der Waals surface area (Å²) in [4.78, 5) is 12.9. The second kappa shape index (κ2) is 7.47. The summed E-state index contributed by atoms with van der Waals surface area (Å²) in [6.45, 7) is 5.89. The molecule has 0 saturated heterocycles. The fraction of sp³-hybridized carbons (Fsp3) is 0.375. The lowest BCUT2D eigenvalue weighted by atomic mass is 9.99. The zero-order valence-corrected chi connectivity index (χ0v) is 16.6. The summed E-state index contributed by atoms with van der Waals surface area (Å²) in [6.07, 6.45) is 1.87. The van der Waals surface area contributed by atoms with Crippen molar-refractivity contribution < 1.29 is 9.53 Å². The van der Waals surface area contributed by atoms with Crippen molar-refractivity contribution in [2.24, 2.45) is 0 Å². The molecule has 0 aliphatic carbocycles. The Kier molecular flexibility index (Phi) is 6.05. The third-order valence-electron chi connectivity index (χ3n) is 3.46. The highest BCUT2D eigenvalue weighted by molar-refractivity contribution is 8.22. The first-order valence-electron chi connectivity index (χ1n) is 7.07. The summed E-state index contributed by atoms with van der Waals surface area (Å²) in [7, 11) is 0. The normalized spacial score (nSPS) is 16.9. The number of carbonyl (C=O) groups is 1. The molecule has 0 aromatic heterocycles. The molecule has 0 fully saturated rings. The summed E-state index contributed by atoms with van der Waals surface area (Å²) in [5.74, 6) is 1.25. The van der Waals surface area contributed by atoms with Crippen LogP contribution in [0.5, 0.6) is 0 Å². The third-order valence-corrected chi connectivity index (χ3v) is 5.82. The van der Waals surface area contributed by atoms with Gasteiger partial charge in [-0.1, -0.05) is 48.5 Å². The zero-order valence-electron chi connectivity index (χ0n) is 13.4. The predicted octanol–water partition coefficient (Wildman–Crippen LogP) is 5.00. The van der Waals surface area contributed by atoms with Gasteiger partial charge in [0.25, 0.3) is 5.91 Å². The molecule has 0 bridgehead atoms. The first kappa shape index (κ1) is 18.6. The Labute approximate surface area is 155 Å². The summed E-state index contributed by atoms with van der Waals surface area (Å²) < 4.78 is 8.04. The topological polar surface area (TPSA) is 29.5 Å². The average Bonchev–Trinajstić information content (AvgIpc) is 2.66. The van der Waals surface area contributed by atoms with E-state index in [9.17, 15) is 4.79 Å². The number of nitrogens with zero attached hydrogens (tertiary/aromatic N) is 1. The van der Waals surface area contributed by atoms with Crippen molar-refractivity contribution in [3.63, 3.8) is 0 Å². The molecule has 0 radical (unpaired) electrons. The van der Waals surface area contributed by atoms with Crippen molar-refractivity contribution in [1.29, 1.82) is 0 Å². The Morgan fingerprint density at radius 1 is 1.39 bits per heavy atom. The number of hydrogen-bond acceptors (Lipinski definition) is 5. The molecule has 0 saturated carbocycles. The molecule has 0 spiro atoms. The number of thiocarbonyl (C=S) groups is 1. The SMILES string of the molecule is CCSC(=S)OC1=C(c2ccccc2Cl)C(=O)N(SC)C1(C)C. The van der Waals surface area contributed by atoms with E-state index in [0.717, 1.165) is 5.75 Å². The van der Waals surface area contributed by atoms with Gasteiger partial charge in [0.1, 0.15) is 11.3 Å². The van der Waals surface area contributed by atoms with Crippen molar-refractivity contribution in [2.75, 3.05) is 12.0 Å². The van der Waals surface area contributed by atoms with Crippen LogP contribution in [-0.2, 0) is 9.53 Å². The Balaban J connectivity index is 2.60. The highest BCUT2D eigenvalue weighted by Gasteiger charge is 2.48. The molecule has 7 heteroatoms. The largest absolute Gasteiger partial charge is 0.441 e. The van der Waals surface area contributed by atoms with Gasteiger partial charge in [-0.05, 0) is 49.8 Å². The molecular formula is C16H18ClNO2S3. The van der Waals surface area contributed by atoms with E-state index in [1.165, 1.54) is 23.7 Å².